The molecule has 1 aliphatic heterocycles. The summed E-state index contributed by atoms with van der Waals surface area (Å²) in [7, 11) is 0. The van der Waals surface area contributed by atoms with Crippen LogP contribution in [0, 0.1) is 0 Å². The first-order valence-electron chi connectivity index (χ1n) is 11.0. The number of amides is 1. The van der Waals surface area contributed by atoms with Gasteiger partial charge in [-0.3, -0.25) is 9.69 Å². The van der Waals surface area contributed by atoms with Crippen molar-refractivity contribution in [3.63, 3.8) is 0 Å². The van der Waals surface area contributed by atoms with Gasteiger partial charge < -0.3 is 9.32 Å². The molecule has 0 aliphatic carbocycles. The normalized spacial score (nSPS) is 15.2. The van der Waals surface area contributed by atoms with Crippen molar-refractivity contribution >= 4 is 5.91 Å². The third-order valence-corrected chi connectivity index (χ3v) is 6.03. The monoisotopic (exact) mass is 457 g/mol. The van der Waals surface area contributed by atoms with Gasteiger partial charge in [0.25, 0.3) is 5.91 Å². The maximum Gasteiger partial charge on any atom is 0.416 e. The van der Waals surface area contributed by atoms with Crippen molar-refractivity contribution in [3.8, 4) is 0 Å². The summed E-state index contributed by atoms with van der Waals surface area (Å²) in [5.74, 6) is 0.123. The van der Waals surface area contributed by atoms with Crippen LogP contribution < -0.4 is 0 Å². The van der Waals surface area contributed by atoms with Gasteiger partial charge in [-0.05, 0) is 37.0 Å². The summed E-state index contributed by atoms with van der Waals surface area (Å²) < 4.78 is 46.4. The van der Waals surface area contributed by atoms with Crippen molar-refractivity contribution in [1.29, 1.82) is 0 Å². The molecule has 8 heteroatoms. The molecule has 5 nitrogen and oxygen atoms in total. The molecule has 2 heterocycles. The smallest absolute Gasteiger partial charge is 0.416 e. The Balaban J connectivity index is 1.60. The summed E-state index contributed by atoms with van der Waals surface area (Å²) in [6, 6.07) is 14.9. The highest BCUT2D eigenvalue weighted by molar-refractivity contribution is 5.92. The van der Waals surface area contributed by atoms with Gasteiger partial charge in [0.05, 0.1) is 12.1 Å². The Morgan fingerprint density at radius 1 is 1.06 bits per heavy atom. The summed E-state index contributed by atoms with van der Waals surface area (Å²) in [5.41, 5.74) is 0.706. The molecule has 4 rings (SSSR count). The van der Waals surface area contributed by atoms with Crippen molar-refractivity contribution in [2.45, 2.75) is 45.1 Å². The first-order chi connectivity index (χ1) is 15.8. The highest BCUT2D eigenvalue weighted by Crippen LogP contribution is 2.34. The Morgan fingerprint density at radius 2 is 1.73 bits per heavy atom. The summed E-state index contributed by atoms with van der Waals surface area (Å²) >= 11 is 0. The van der Waals surface area contributed by atoms with Crippen molar-refractivity contribution in [1.82, 2.24) is 14.8 Å². The average molecular weight is 457 g/mol. The van der Waals surface area contributed by atoms with E-state index >= 15 is 0 Å². The van der Waals surface area contributed by atoms with E-state index in [2.05, 4.69) is 4.98 Å². The first kappa shape index (κ1) is 23.0. The van der Waals surface area contributed by atoms with Crippen LogP contribution in [0.15, 0.2) is 65.3 Å². The average Bonchev–Trinajstić information content (AvgIpc) is 3.51. The minimum Gasteiger partial charge on any atom is -0.447 e. The highest BCUT2D eigenvalue weighted by atomic mass is 19.4. The van der Waals surface area contributed by atoms with Gasteiger partial charge in [-0.2, -0.15) is 13.2 Å². The molecule has 174 valence electrons. The summed E-state index contributed by atoms with van der Waals surface area (Å²) in [5, 5.41) is 0. The SMILES string of the molecule is CC(c1ccccc1)N(Cc1nc(C(=O)N2CCCC2)co1)Cc1ccccc1C(F)(F)F. The topological polar surface area (TPSA) is 49.6 Å². The summed E-state index contributed by atoms with van der Waals surface area (Å²) in [6.45, 7) is 3.54. The molecule has 1 saturated heterocycles. The van der Waals surface area contributed by atoms with Crippen molar-refractivity contribution in [2.24, 2.45) is 0 Å². The molecule has 1 aliphatic rings. The van der Waals surface area contributed by atoms with E-state index in [0.29, 0.717) is 19.0 Å². The number of rotatable bonds is 7. The number of nitrogens with zero attached hydrogens (tertiary/aromatic N) is 3. The fraction of sp³-hybridized carbons (Fsp3) is 0.360. The number of hydrogen-bond acceptors (Lipinski definition) is 4. The van der Waals surface area contributed by atoms with E-state index in [1.165, 1.54) is 18.4 Å². The number of aromatic nitrogens is 1. The Kier molecular flexibility index (Phi) is 6.83. The fourth-order valence-corrected chi connectivity index (χ4v) is 4.16. The Morgan fingerprint density at radius 3 is 2.42 bits per heavy atom. The quantitative estimate of drug-likeness (QED) is 0.457. The van der Waals surface area contributed by atoms with Gasteiger partial charge >= 0.3 is 6.18 Å². The molecule has 1 unspecified atom stereocenters. The van der Waals surface area contributed by atoms with Gasteiger partial charge in [0.2, 0.25) is 5.89 Å². The number of alkyl halides is 3. The van der Waals surface area contributed by atoms with Crippen LogP contribution in [0.5, 0.6) is 0 Å². The largest absolute Gasteiger partial charge is 0.447 e. The zero-order valence-corrected chi connectivity index (χ0v) is 18.4. The minimum atomic E-state index is -4.45. The number of carbonyl (C=O) groups is 1. The predicted molar refractivity (Wildman–Crippen MR) is 117 cm³/mol. The predicted octanol–water partition coefficient (Wildman–Crippen LogP) is 5.69. The maximum absolute atomic E-state index is 13.6. The zero-order valence-electron chi connectivity index (χ0n) is 18.4. The van der Waals surface area contributed by atoms with Crippen LogP contribution in [0.25, 0.3) is 0 Å². The van der Waals surface area contributed by atoms with Crippen LogP contribution in [0.1, 0.15) is 58.9 Å². The molecule has 0 spiro atoms. The number of carbonyl (C=O) groups excluding carboxylic acids is 1. The second-order valence-electron chi connectivity index (χ2n) is 8.27. The number of halogens is 3. The Bertz CT molecular complexity index is 1080. The molecule has 1 fully saturated rings. The molecule has 1 aromatic heterocycles. The van der Waals surface area contributed by atoms with E-state index in [1.54, 1.807) is 11.0 Å². The Hall–Kier alpha value is -3.13. The lowest BCUT2D eigenvalue weighted by Gasteiger charge is -2.29. The van der Waals surface area contributed by atoms with Gasteiger partial charge in [-0.1, -0.05) is 48.5 Å². The van der Waals surface area contributed by atoms with E-state index in [0.717, 1.165) is 24.5 Å². The second kappa shape index (κ2) is 9.79. The van der Waals surface area contributed by atoms with E-state index in [1.807, 2.05) is 42.2 Å². The molecule has 1 atom stereocenters. The molecule has 2 aromatic carbocycles. The van der Waals surface area contributed by atoms with Crippen LogP contribution >= 0.6 is 0 Å². The van der Waals surface area contributed by atoms with Crippen LogP contribution in [-0.2, 0) is 19.3 Å². The van der Waals surface area contributed by atoms with Crippen molar-refractivity contribution in [2.75, 3.05) is 13.1 Å². The third-order valence-electron chi connectivity index (χ3n) is 6.03. The van der Waals surface area contributed by atoms with Gasteiger partial charge in [0.15, 0.2) is 5.69 Å². The van der Waals surface area contributed by atoms with E-state index in [4.69, 9.17) is 4.42 Å². The van der Waals surface area contributed by atoms with Crippen LogP contribution in [0.2, 0.25) is 0 Å². The van der Waals surface area contributed by atoms with Gasteiger partial charge in [0.1, 0.15) is 6.26 Å². The Labute approximate surface area is 190 Å². The molecule has 0 saturated carbocycles. The summed E-state index contributed by atoms with van der Waals surface area (Å²) in [6.07, 6.45) is -1.17. The fourth-order valence-electron chi connectivity index (χ4n) is 4.16. The minimum absolute atomic E-state index is 0.0452. The van der Waals surface area contributed by atoms with Crippen LogP contribution in [0.3, 0.4) is 0 Å². The first-order valence-corrected chi connectivity index (χ1v) is 11.0. The van der Waals surface area contributed by atoms with Crippen LogP contribution in [-0.4, -0.2) is 33.8 Å². The van der Waals surface area contributed by atoms with Crippen molar-refractivity contribution in [3.05, 3.63) is 89.1 Å². The van der Waals surface area contributed by atoms with E-state index in [9.17, 15) is 18.0 Å². The van der Waals surface area contributed by atoms with E-state index in [-0.39, 0.29) is 36.3 Å². The number of benzene rings is 2. The number of likely N-dealkylation sites (tertiary alicyclic amines) is 1. The highest BCUT2D eigenvalue weighted by Gasteiger charge is 2.34. The van der Waals surface area contributed by atoms with Gasteiger partial charge in [-0.25, -0.2) is 4.98 Å². The third kappa shape index (κ3) is 5.45. The van der Waals surface area contributed by atoms with Crippen molar-refractivity contribution < 1.29 is 22.4 Å². The lowest BCUT2D eigenvalue weighted by Crippen LogP contribution is -2.29. The second-order valence-corrected chi connectivity index (χ2v) is 8.27. The number of hydrogen-bond donors (Lipinski definition) is 0. The van der Waals surface area contributed by atoms with E-state index < -0.39 is 11.7 Å². The molecule has 1 amide bonds. The zero-order chi connectivity index (χ0) is 23.4. The number of oxazole rings is 1. The lowest BCUT2D eigenvalue weighted by molar-refractivity contribution is -0.138. The molecular weight excluding hydrogens is 431 g/mol. The lowest BCUT2D eigenvalue weighted by atomic mass is 10.0. The molecular formula is C25H26F3N3O2. The molecule has 0 N–H and O–H groups in total. The maximum atomic E-state index is 13.6. The molecule has 0 bridgehead atoms. The standard InChI is InChI=1S/C25H26F3N3O2/c1-18(19-9-3-2-4-10-19)31(15-20-11-5-6-12-21(20)25(26,27)28)16-23-29-22(17-33-23)24(32)30-13-7-8-14-30/h2-6,9-12,17-18H,7-8,13-16H2,1H3. The molecule has 33 heavy (non-hydrogen) atoms. The van der Waals surface area contributed by atoms with Gasteiger partial charge in [0, 0.05) is 25.7 Å². The molecule has 3 aromatic rings. The summed E-state index contributed by atoms with van der Waals surface area (Å²) in [4.78, 5) is 20.6. The van der Waals surface area contributed by atoms with Crippen LogP contribution in [0.4, 0.5) is 13.2 Å². The van der Waals surface area contributed by atoms with Gasteiger partial charge in [-0.15, -0.1) is 0 Å². The molecule has 0 radical (unpaired) electrons.